The Morgan fingerprint density at radius 2 is 1.88 bits per heavy atom. The number of anilines is 1. The fourth-order valence-corrected chi connectivity index (χ4v) is 4.30. The lowest BCUT2D eigenvalue weighted by molar-refractivity contribution is -0.120. The molecule has 0 bridgehead atoms. The normalized spacial score (nSPS) is 10.7. The highest BCUT2D eigenvalue weighted by atomic mass is 35.5. The second kappa shape index (κ2) is 10.9. The molecule has 33 heavy (non-hydrogen) atoms. The Bertz CT molecular complexity index is 1240. The number of nitrogens with one attached hydrogen (secondary N) is 2. The highest BCUT2D eigenvalue weighted by Gasteiger charge is 2.09. The smallest absolute Gasteiger partial charge is 0.246 e. The minimum absolute atomic E-state index is 0.109. The summed E-state index contributed by atoms with van der Waals surface area (Å²) in [5, 5.41) is 13.3. The number of nitrogens with zero attached hydrogens (tertiary/aromatic N) is 3. The molecule has 4 aromatic rings. The van der Waals surface area contributed by atoms with Gasteiger partial charge in [0.05, 0.1) is 17.1 Å². The first-order chi connectivity index (χ1) is 16.0. The van der Waals surface area contributed by atoms with Gasteiger partial charge in [-0.2, -0.15) is 5.10 Å². The molecule has 0 saturated carbocycles. The summed E-state index contributed by atoms with van der Waals surface area (Å²) in [4.78, 5) is 29.1. The molecule has 4 rings (SSSR count). The zero-order valence-electron chi connectivity index (χ0n) is 17.7. The lowest BCUT2D eigenvalue weighted by Gasteiger charge is -2.09. The van der Waals surface area contributed by atoms with E-state index in [2.05, 4.69) is 20.7 Å². The fraction of sp³-hybridized carbons (Fsp3) is 0.167. The molecule has 0 atom stereocenters. The monoisotopic (exact) mass is 479 g/mol. The van der Waals surface area contributed by atoms with E-state index in [1.807, 2.05) is 53.9 Å². The summed E-state index contributed by atoms with van der Waals surface area (Å²) in [6.45, 7) is 0.502. The predicted molar refractivity (Wildman–Crippen MR) is 129 cm³/mol. The molecule has 2 N–H and O–H groups in total. The van der Waals surface area contributed by atoms with Gasteiger partial charge in [-0.15, -0.1) is 11.3 Å². The summed E-state index contributed by atoms with van der Waals surface area (Å²) >= 11 is 7.57. The molecule has 2 amide bonds. The quantitative estimate of drug-likeness (QED) is 0.378. The van der Waals surface area contributed by atoms with Crippen molar-refractivity contribution in [1.82, 2.24) is 20.1 Å². The number of aromatic nitrogens is 3. The van der Waals surface area contributed by atoms with Crippen molar-refractivity contribution in [2.75, 3.05) is 5.32 Å². The number of amides is 2. The molecule has 0 saturated heterocycles. The third-order valence-electron chi connectivity index (χ3n) is 4.75. The molecule has 0 radical (unpaired) electrons. The molecule has 2 heterocycles. The van der Waals surface area contributed by atoms with E-state index >= 15 is 0 Å². The minimum Gasteiger partial charge on any atom is -0.352 e. The first kappa shape index (κ1) is 22.7. The van der Waals surface area contributed by atoms with Crippen molar-refractivity contribution in [3.8, 4) is 0 Å². The zero-order valence-corrected chi connectivity index (χ0v) is 19.3. The summed E-state index contributed by atoms with van der Waals surface area (Å²) in [7, 11) is 0. The molecule has 0 unspecified atom stereocenters. The molecule has 2 aromatic carbocycles. The van der Waals surface area contributed by atoms with E-state index in [1.54, 1.807) is 23.1 Å². The van der Waals surface area contributed by atoms with Crippen LogP contribution >= 0.6 is 22.9 Å². The van der Waals surface area contributed by atoms with Crippen molar-refractivity contribution < 1.29 is 9.59 Å². The van der Waals surface area contributed by atoms with Crippen LogP contribution in [0.15, 0.2) is 72.4 Å². The number of hydrogen-bond acceptors (Lipinski definition) is 5. The number of halogens is 1. The molecule has 9 heteroatoms. The highest BCUT2D eigenvalue weighted by Crippen LogP contribution is 2.18. The fourth-order valence-electron chi connectivity index (χ4n) is 3.26. The van der Waals surface area contributed by atoms with Crippen molar-refractivity contribution in [2.45, 2.75) is 25.9 Å². The SMILES string of the molecule is O=C(Cc1csc(Cc2cccc(Cl)c2)n1)NCc1cccc(NC(=O)Cn2cccn2)c1. The van der Waals surface area contributed by atoms with Gasteiger partial charge in [0.1, 0.15) is 6.54 Å². The maximum atomic E-state index is 12.4. The zero-order chi connectivity index (χ0) is 23.0. The van der Waals surface area contributed by atoms with Crippen molar-refractivity contribution in [1.29, 1.82) is 0 Å². The van der Waals surface area contributed by atoms with E-state index in [9.17, 15) is 9.59 Å². The van der Waals surface area contributed by atoms with Crippen LogP contribution in [0, 0.1) is 0 Å². The summed E-state index contributed by atoms with van der Waals surface area (Å²) < 4.78 is 1.55. The van der Waals surface area contributed by atoms with Crippen LogP contribution in [-0.2, 0) is 35.5 Å². The molecule has 7 nitrogen and oxygen atoms in total. The molecular weight excluding hydrogens is 458 g/mol. The van der Waals surface area contributed by atoms with Crippen LogP contribution in [0.4, 0.5) is 5.69 Å². The average molecular weight is 480 g/mol. The van der Waals surface area contributed by atoms with E-state index in [1.165, 1.54) is 11.3 Å². The van der Waals surface area contributed by atoms with Gasteiger partial charge in [-0.25, -0.2) is 4.98 Å². The number of carbonyl (C=O) groups is 2. The van der Waals surface area contributed by atoms with E-state index in [0.29, 0.717) is 23.7 Å². The summed E-state index contributed by atoms with van der Waals surface area (Å²) in [6, 6.07) is 16.8. The van der Waals surface area contributed by atoms with Gasteiger partial charge in [0, 0.05) is 41.4 Å². The van der Waals surface area contributed by atoms with Crippen LogP contribution in [0.25, 0.3) is 0 Å². The molecule has 0 spiro atoms. The Morgan fingerprint density at radius 3 is 2.70 bits per heavy atom. The van der Waals surface area contributed by atoms with Gasteiger partial charge >= 0.3 is 0 Å². The number of rotatable bonds is 9. The Balaban J connectivity index is 1.25. The molecule has 0 fully saturated rings. The van der Waals surface area contributed by atoms with Crippen LogP contribution in [0.1, 0.15) is 21.8 Å². The van der Waals surface area contributed by atoms with Gasteiger partial charge < -0.3 is 10.6 Å². The molecule has 2 aromatic heterocycles. The average Bonchev–Trinajstić information content (AvgIpc) is 3.45. The summed E-state index contributed by atoms with van der Waals surface area (Å²) in [6.07, 6.45) is 4.26. The van der Waals surface area contributed by atoms with Gasteiger partial charge in [-0.1, -0.05) is 35.9 Å². The first-order valence-electron chi connectivity index (χ1n) is 10.3. The first-order valence-corrected chi connectivity index (χ1v) is 11.6. The Hall–Kier alpha value is -3.49. The van der Waals surface area contributed by atoms with E-state index < -0.39 is 0 Å². The maximum absolute atomic E-state index is 12.4. The lowest BCUT2D eigenvalue weighted by Crippen LogP contribution is -2.25. The van der Waals surface area contributed by atoms with E-state index in [-0.39, 0.29) is 24.8 Å². The van der Waals surface area contributed by atoms with Crippen LogP contribution < -0.4 is 10.6 Å². The van der Waals surface area contributed by atoms with Crippen molar-refractivity contribution >= 4 is 40.4 Å². The molecule has 0 aliphatic carbocycles. The molecule has 168 valence electrons. The van der Waals surface area contributed by atoms with Crippen LogP contribution in [-0.4, -0.2) is 26.6 Å². The van der Waals surface area contributed by atoms with Gasteiger partial charge in [-0.05, 0) is 41.5 Å². The topological polar surface area (TPSA) is 88.9 Å². The Kier molecular flexibility index (Phi) is 7.49. The van der Waals surface area contributed by atoms with E-state index in [0.717, 1.165) is 21.8 Å². The van der Waals surface area contributed by atoms with Gasteiger partial charge in [0.2, 0.25) is 11.8 Å². The standard InChI is InChI=1S/C24H22ClN5O2S/c25-19-6-1-4-17(10-19)12-24-29-21(16-33-24)13-22(31)26-14-18-5-2-7-20(11-18)28-23(32)15-30-9-3-8-27-30/h1-11,16H,12-15H2,(H,26,31)(H,28,32). The largest absolute Gasteiger partial charge is 0.352 e. The third-order valence-corrected chi connectivity index (χ3v) is 5.88. The summed E-state index contributed by atoms with van der Waals surface area (Å²) in [5.74, 6) is -0.278. The predicted octanol–water partition coefficient (Wildman–Crippen LogP) is 4.08. The second-order valence-electron chi connectivity index (χ2n) is 7.44. The molecule has 0 aliphatic rings. The van der Waals surface area contributed by atoms with Crippen molar-refractivity contribution in [3.63, 3.8) is 0 Å². The van der Waals surface area contributed by atoms with Gasteiger partial charge in [0.15, 0.2) is 0 Å². The minimum atomic E-state index is -0.169. The van der Waals surface area contributed by atoms with Gasteiger partial charge in [-0.3, -0.25) is 14.3 Å². The van der Waals surface area contributed by atoms with Crippen LogP contribution in [0.5, 0.6) is 0 Å². The number of carbonyl (C=O) groups excluding carboxylic acids is 2. The van der Waals surface area contributed by atoms with Crippen molar-refractivity contribution in [2.24, 2.45) is 0 Å². The lowest BCUT2D eigenvalue weighted by atomic mass is 10.2. The highest BCUT2D eigenvalue weighted by molar-refractivity contribution is 7.09. The number of thiazole rings is 1. The third kappa shape index (κ3) is 7.00. The Morgan fingerprint density at radius 1 is 1.03 bits per heavy atom. The van der Waals surface area contributed by atoms with Crippen LogP contribution in [0.3, 0.4) is 0 Å². The van der Waals surface area contributed by atoms with E-state index in [4.69, 9.17) is 11.6 Å². The second-order valence-corrected chi connectivity index (χ2v) is 8.82. The molecular formula is C24H22ClN5O2S. The van der Waals surface area contributed by atoms with Crippen molar-refractivity contribution in [3.05, 3.63) is 99.2 Å². The molecule has 0 aliphatic heterocycles. The number of hydrogen-bond donors (Lipinski definition) is 2. The van der Waals surface area contributed by atoms with Gasteiger partial charge in [0.25, 0.3) is 0 Å². The maximum Gasteiger partial charge on any atom is 0.246 e. The van der Waals surface area contributed by atoms with Crippen LogP contribution in [0.2, 0.25) is 5.02 Å². The number of benzene rings is 2. The summed E-state index contributed by atoms with van der Waals surface area (Å²) in [5.41, 5.74) is 3.39. The Labute approximate surface area is 200 Å².